The zero-order valence-corrected chi connectivity index (χ0v) is 9.67. The Labute approximate surface area is 103 Å². The van der Waals surface area contributed by atoms with Crippen molar-refractivity contribution in [2.75, 3.05) is 6.61 Å². The van der Waals surface area contributed by atoms with E-state index in [1.807, 2.05) is 0 Å². The summed E-state index contributed by atoms with van der Waals surface area (Å²) in [5, 5.41) is 0. The van der Waals surface area contributed by atoms with Gasteiger partial charge in [0.1, 0.15) is 5.75 Å². The average molecular weight is 258 g/mol. The molecule has 2 nitrogen and oxygen atoms in total. The third kappa shape index (κ3) is 2.83. The lowest BCUT2D eigenvalue weighted by Gasteiger charge is -2.25. The molecule has 0 amide bonds. The van der Waals surface area contributed by atoms with Crippen LogP contribution in [-0.4, -0.2) is 12.9 Å². The Balaban J connectivity index is 2.14. The normalized spacial score (nSPS) is 16.2. The van der Waals surface area contributed by atoms with E-state index in [0.29, 0.717) is 12.5 Å². The molecule has 0 bridgehead atoms. The van der Waals surface area contributed by atoms with Crippen LogP contribution in [0.1, 0.15) is 35.2 Å². The van der Waals surface area contributed by atoms with Gasteiger partial charge in [-0.3, -0.25) is 4.79 Å². The van der Waals surface area contributed by atoms with Crippen LogP contribution in [0.25, 0.3) is 0 Å². The van der Waals surface area contributed by atoms with Gasteiger partial charge in [0, 0.05) is 5.56 Å². The highest BCUT2D eigenvalue weighted by Crippen LogP contribution is 2.34. The molecule has 1 aliphatic carbocycles. The Bertz CT molecular complexity index is 436. The molecule has 1 aliphatic rings. The van der Waals surface area contributed by atoms with Crippen LogP contribution in [0.3, 0.4) is 0 Å². The Morgan fingerprint density at radius 3 is 2.56 bits per heavy atom. The minimum atomic E-state index is -4.54. The number of aldehydes is 1. The number of carbonyl (C=O) groups excluding carboxylic acids is 1. The Morgan fingerprint density at radius 2 is 2.06 bits per heavy atom. The zero-order valence-electron chi connectivity index (χ0n) is 9.67. The van der Waals surface area contributed by atoms with Gasteiger partial charge in [-0.1, -0.05) is 6.42 Å². The molecule has 0 spiro atoms. The van der Waals surface area contributed by atoms with E-state index in [0.717, 1.165) is 31.4 Å². The molecule has 18 heavy (non-hydrogen) atoms. The monoisotopic (exact) mass is 258 g/mol. The summed E-state index contributed by atoms with van der Waals surface area (Å²) in [5.74, 6) is 0.616. The summed E-state index contributed by atoms with van der Waals surface area (Å²) in [5.41, 5.74) is -1.30. The minimum Gasteiger partial charge on any atom is -0.493 e. The number of alkyl halides is 3. The van der Waals surface area contributed by atoms with Crippen molar-refractivity contribution in [1.29, 1.82) is 0 Å². The van der Waals surface area contributed by atoms with Gasteiger partial charge in [0.05, 0.1) is 12.2 Å². The van der Waals surface area contributed by atoms with Crippen molar-refractivity contribution in [3.05, 3.63) is 29.3 Å². The number of halogens is 3. The van der Waals surface area contributed by atoms with Crippen LogP contribution in [-0.2, 0) is 6.18 Å². The standard InChI is InChI=1S/C13H13F3O2/c14-13(15,16)12-6-11(5-4-10(12)7-17)18-8-9-2-1-3-9/h4-7,9H,1-3,8H2. The molecule has 1 fully saturated rings. The second-order valence-electron chi connectivity index (χ2n) is 4.47. The maximum Gasteiger partial charge on any atom is 0.417 e. The predicted octanol–water partition coefficient (Wildman–Crippen LogP) is 3.70. The number of hydrogen-bond donors (Lipinski definition) is 0. The number of rotatable bonds is 4. The fourth-order valence-corrected chi connectivity index (χ4v) is 1.85. The third-order valence-electron chi connectivity index (χ3n) is 3.17. The van der Waals surface area contributed by atoms with E-state index >= 15 is 0 Å². The molecular weight excluding hydrogens is 245 g/mol. The summed E-state index contributed by atoms with van der Waals surface area (Å²) in [7, 11) is 0. The number of carbonyl (C=O) groups is 1. The Morgan fingerprint density at radius 1 is 1.33 bits per heavy atom. The van der Waals surface area contributed by atoms with Crippen LogP contribution in [0, 0.1) is 5.92 Å². The highest BCUT2D eigenvalue weighted by atomic mass is 19.4. The van der Waals surface area contributed by atoms with E-state index in [9.17, 15) is 18.0 Å². The van der Waals surface area contributed by atoms with Crippen molar-refractivity contribution >= 4 is 6.29 Å². The van der Waals surface area contributed by atoms with Crippen LogP contribution < -0.4 is 4.74 Å². The van der Waals surface area contributed by atoms with Crippen molar-refractivity contribution in [1.82, 2.24) is 0 Å². The van der Waals surface area contributed by atoms with Crippen LogP contribution in [0.5, 0.6) is 5.75 Å². The predicted molar refractivity (Wildman–Crippen MR) is 59.7 cm³/mol. The quantitative estimate of drug-likeness (QED) is 0.770. The van der Waals surface area contributed by atoms with Gasteiger partial charge >= 0.3 is 6.18 Å². The first kappa shape index (κ1) is 12.9. The molecule has 2 rings (SSSR count). The molecule has 0 saturated heterocycles. The van der Waals surface area contributed by atoms with Gasteiger partial charge in [0.25, 0.3) is 0 Å². The van der Waals surface area contributed by atoms with Crippen LogP contribution >= 0.6 is 0 Å². The van der Waals surface area contributed by atoms with E-state index in [-0.39, 0.29) is 17.6 Å². The summed E-state index contributed by atoms with van der Waals surface area (Å²) in [6.45, 7) is 0.442. The van der Waals surface area contributed by atoms with Gasteiger partial charge in [-0.2, -0.15) is 13.2 Å². The maximum absolute atomic E-state index is 12.7. The summed E-state index contributed by atoms with van der Waals surface area (Å²) in [6, 6.07) is 3.44. The first-order valence-corrected chi connectivity index (χ1v) is 5.80. The maximum atomic E-state index is 12.7. The van der Waals surface area contributed by atoms with Crippen molar-refractivity contribution in [2.24, 2.45) is 5.92 Å². The molecule has 0 aliphatic heterocycles. The Kier molecular flexibility index (Phi) is 3.59. The van der Waals surface area contributed by atoms with Gasteiger partial charge in [-0.15, -0.1) is 0 Å². The number of hydrogen-bond acceptors (Lipinski definition) is 2. The molecule has 1 saturated carbocycles. The van der Waals surface area contributed by atoms with Crippen molar-refractivity contribution < 1.29 is 22.7 Å². The fraction of sp³-hybridized carbons (Fsp3) is 0.462. The zero-order chi connectivity index (χ0) is 13.2. The van der Waals surface area contributed by atoms with E-state index in [4.69, 9.17) is 4.74 Å². The number of benzene rings is 1. The molecule has 0 N–H and O–H groups in total. The molecule has 0 radical (unpaired) electrons. The molecule has 1 aromatic carbocycles. The highest BCUT2D eigenvalue weighted by molar-refractivity contribution is 5.78. The van der Waals surface area contributed by atoms with Gasteiger partial charge in [-0.05, 0) is 37.0 Å². The molecule has 0 aromatic heterocycles. The SMILES string of the molecule is O=Cc1ccc(OCC2CCC2)cc1C(F)(F)F. The minimum absolute atomic E-state index is 0.167. The second kappa shape index (κ2) is 5.00. The summed E-state index contributed by atoms with van der Waals surface area (Å²) < 4.78 is 43.4. The first-order valence-electron chi connectivity index (χ1n) is 5.80. The molecule has 1 aromatic rings. The lowest BCUT2D eigenvalue weighted by Crippen LogP contribution is -2.19. The van der Waals surface area contributed by atoms with Crippen LogP contribution in [0.4, 0.5) is 13.2 Å². The second-order valence-corrected chi connectivity index (χ2v) is 4.47. The van der Waals surface area contributed by atoms with E-state index in [2.05, 4.69) is 0 Å². The van der Waals surface area contributed by atoms with Crippen molar-refractivity contribution in [3.63, 3.8) is 0 Å². The van der Waals surface area contributed by atoms with Crippen molar-refractivity contribution in [2.45, 2.75) is 25.4 Å². The summed E-state index contributed by atoms with van der Waals surface area (Å²) in [6.07, 6.45) is -1.03. The molecule has 0 heterocycles. The lowest BCUT2D eigenvalue weighted by atomic mass is 9.86. The van der Waals surface area contributed by atoms with E-state index in [1.165, 1.54) is 6.07 Å². The fourth-order valence-electron chi connectivity index (χ4n) is 1.85. The van der Waals surface area contributed by atoms with E-state index in [1.54, 1.807) is 0 Å². The Hall–Kier alpha value is -1.52. The van der Waals surface area contributed by atoms with E-state index < -0.39 is 11.7 Å². The molecular formula is C13H13F3O2. The van der Waals surface area contributed by atoms with Gasteiger partial charge in [-0.25, -0.2) is 0 Å². The molecule has 0 atom stereocenters. The number of ether oxygens (including phenoxy) is 1. The molecule has 98 valence electrons. The largest absolute Gasteiger partial charge is 0.493 e. The third-order valence-corrected chi connectivity index (χ3v) is 3.17. The van der Waals surface area contributed by atoms with Crippen molar-refractivity contribution in [3.8, 4) is 5.75 Å². The average Bonchev–Trinajstić information content (AvgIpc) is 2.25. The molecule has 0 unspecified atom stereocenters. The van der Waals surface area contributed by atoms with Gasteiger partial charge in [0.2, 0.25) is 0 Å². The topological polar surface area (TPSA) is 26.3 Å². The summed E-state index contributed by atoms with van der Waals surface area (Å²) >= 11 is 0. The first-order chi connectivity index (χ1) is 8.50. The smallest absolute Gasteiger partial charge is 0.417 e. The van der Waals surface area contributed by atoms with Gasteiger partial charge in [0.15, 0.2) is 6.29 Å². The van der Waals surface area contributed by atoms with Crippen LogP contribution in [0.15, 0.2) is 18.2 Å². The highest BCUT2D eigenvalue weighted by Gasteiger charge is 2.33. The molecule has 5 heteroatoms. The lowest BCUT2D eigenvalue weighted by molar-refractivity contribution is -0.137. The summed E-state index contributed by atoms with van der Waals surface area (Å²) in [4.78, 5) is 10.6. The van der Waals surface area contributed by atoms with Gasteiger partial charge < -0.3 is 4.74 Å². The van der Waals surface area contributed by atoms with Crippen LogP contribution in [0.2, 0.25) is 0 Å².